The maximum absolute atomic E-state index is 12.8. The van der Waals surface area contributed by atoms with Gasteiger partial charge in [0.25, 0.3) is 5.91 Å². The number of carbonyl (C=O) groups excluding carboxylic acids is 2. The summed E-state index contributed by atoms with van der Waals surface area (Å²) < 4.78 is 23.4. The van der Waals surface area contributed by atoms with Gasteiger partial charge in [0.15, 0.2) is 6.10 Å². The molecule has 0 aliphatic rings. The van der Waals surface area contributed by atoms with Crippen LogP contribution < -0.4 is 20.3 Å². The molecule has 0 saturated heterocycles. The molecule has 0 radical (unpaired) electrons. The number of ether oxygens (including phenoxy) is 2. The molecule has 0 bridgehead atoms. The monoisotopic (exact) mass is 346 g/mol. The zero-order valence-electron chi connectivity index (χ0n) is 13.9. The van der Waals surface area contributed by atoms with Gasteiger partial charge in [-0.2, -0.15) is 0 Å². The molecule has 2 aromatic rings. The molecule has 132 valence electrons. The first-order chi connectivity index (χ1) is 12.0. The van der Waals surface area contributed by atoms with E-state index in [2.05, 4.69) is 10.9 Å². The minimum atomic E-state index is -0.864. The molecule has 2 rings (SSSR count). The molecule has 1 atom stereocenters. The second-order valence-electron chi connectivity index (χ2n) is 5.24. The van der Waals surface area contributed by atoms with Crippen molar-refractivity contribution in [2.24, 2.45) is 0 Å². The third-order valence-electron chi connectivity index (χ3n) is 3.36. The van der Waals surface area contributed by atoms with Crippen molar-refractivity contribution >= 4 is 11.8 Å². The quantitative estimate of drug-likeness (QED) is 0.785. The number of hydrogen-bond acceptors (Lipinski definition) is 4. The van der Waals surface area contributed by atoms with E-state index in [1.807, 2.05) is 0 Å². The number of hydrazine groups is 1. The lowest BCUT2D eigenvalue weighted by Gasteiger charge is -2.15. The number of para-hydroxylation sites is 1. The average molecular weight is 346 g/mol. The molecule has 7 heteroatoms. The second kappa shape index (κ2) is 8.68. The first-order valence-electron chi connectivity index (χ1n) is 7.62. The van der Waals surface area contributed by atoms with E-state index in [-0.39, 0.29) is 6.42 Å². The number of nitrogens with one attached hydrogen (secondary N) is 2. The summed E-state index contributed by atoms with van der Waals surface area (Å²) in [6.45, 7) is 1.52. The number of rotatable bonds is 6. The van der Waals surface area contributed by atoms with Gasteiger partial charge in [-0.05, 0) is 37.3 Å². The second-order valence-corrected chi connectivity index (χ2v) is 5.24. The van der Waals surface area contributed by atoms with E-state index in [0.717, 1.165) is 0 Å². The lowest BCUT2D eigenvalue weighted by molar-refractivity contribution is -0.132. The third-order valence-corrected chi connectivity index (χ3v) is 3.36. The van der Waals surface area contributed by atoms with Crippen LogP contribution in [0, 0.1) is 5.82 Å². The van der Waals surface area contributed by atoms with Gasteiger partial charge in [0.2, 0.25) is 5.91 Å². The van der Waals surface area contributed by atoms with Gasteiger partial charge in [-0.1, -0.05) is 18.2 Å². The van der Waals surface area contributed by atoms with Crippen LogP contribution >= 0.6 is 0 Å². The Morgan fingerprint density at radius 2 is 1.76 bits per heavy atom. The van der Waals surface area contributed by atoms with Gasteiger partial charge >= 0.3 is 0 Å². The smallest absolute Gasteiger partial charge is 0.279 e. The Morgan fingerprint density at radius 1 is 1.08 bits per heavy atom. The van der Waals surface area contributed by atoms with Crippen LogP contribution in [0.25, 0.3) is 0 Å². The van der Waals surface area contributed by atoms with E-state index in [1.54, 1.807) is 24.3 Å². The SMILES string of the molecule is COc1ccccc1CC(=O)NNC(=O)[C@@H](C)Oc1ccc(F)cc1. The van der Waals surface area contributed by atoms with Crippen LogP contribution in [0.5, 0.6) is 11.5 Å². The summed E-state index contributed by atoms with van der Waals surface area (Å²) in [5.41, 5.74) is 5.32. The van der Waals surface area contributed by atoms with Gasteiger partial charge in [0.1, 0.15) is 17.3 Å². The van der Waals surface area contributed by atoms with Crippen molar-refractivity contribution in [2.45, 2.75) is 19.4 Å². The summed E-state index contributed by atoms with van der Waals surface area (Å²) in [7, 11) is 1.52. The van der Waals surface area contributed by atoms with E-state index in [9.17, 15) is 14.0 Å². The molecule has 6 nitrogen and oxygen atoms in total. The molecule has 2 aromatic carbocycles. The Balaban J connectivity index is 1.82. The Hall–Kier alpha value is -3.09. The maximum Gasteiger partial charge on any atom is 0.279 e. The Kier molecular flexibility index (Phi) is 6.33. The Labute approximate surface area is 144 Å². The normalized spacial score (nSPS) is 11.3. The molecule has 0 aromatic heterocycles. The van der Waals surface area contributed by atoms with Gasteiger partial charge in [-0.15, -0.1) is 0 Å². The van der Waals surface area contributed by atoms with Crippen LogP contribution in [0.15, 0.2) is 48.5 Å². The third kappa shape index (κ3) is 5.49. The highest BCUT2D eigenvalue weighted by Gasteiger charge is 2.16. The first kappa shape index (κ1) is 18.3. The van der Waals surface area contributed by atoms with Gasteiger partial charge in [0, 0.05) is 5.56 Å². The Bertz CT molecular complexity index is 734. The van der Waals surface area contributed by atoms with Crippen molar-refractivity contribution in [2.75, 3.05) is 7.11 Å². The number of benzene rings is 2. The van der Waals surface area contributed by atoms with E-state index >= 15 is 0 Å². The van der Waals surface area contributed by atoms with E-state index in [4.69, 9.17) is 9.47 Å². The summed E-state index contributed by atoms with van der Waals surface area (Å²) in [5, 5.41) is 0. The molecule has 0 unspecified atom stereocenters. The van der Waals surface area contributed by atoms with Gasteiger partial charge in [-0.25, -0.2) is 4.39 Å². The fourth-order valence-electron chi connectivity index (χ4n) is 2.07. The zero-order valence-corrected chi connectivity index (χ0v) is 13.9. The standard InChI is InChI=1S/C18H19FN2O4/c1-12(25-15-9-7-14(19)8-10-15)18(23)21-20-17(22)11-13-5-3-4-6-16(13)24-2/h3-10,12H,11H2,1-2H3,(H,20,22)(H,21,23)/t12-/m1/s1. The van der Waals surface area contributed by atoms with Crippen LogP contribution in [0.3, 0.4) is 0 Å². The van der Waals surface area contributed by atoms with E-state index in [0.29, 0.717) is 17.1 Å². The molecule has 0 heterocycles. The van der Waals surface area contributed by atoms with E-state index < -0.39 is 23.7 Å². The molecule has 2 amide bonds. The van der Waals surface area contributed by atoms with Crippen molar-refractivity contribution in [1.29, 1.82) is 0 Å². The minimum absolute atomic E-state index is 0.0531. The highest BCUT2D eigenvalue weighted by Crippen LogP contribution is 2.17. The van der Waals surface area contributed by atoms with Gasteiger partial charge in [-0.3, -0.25) is 20.4 Å². The molecule has 0 spiro atoms. The first-order valence-corrected chi connectivity index (χ1v) is 7.62. The topological polar surface area (TPSA) is 76.7 Å². The van der Waals surface area contributed by atoms with Crippen LogP contribution in [0.4, 0.5) is 4.39 Å². The van der Waals surface area contributed by atoms with Gasteiger partial charge < -0.3 is 9.47 Å². The summed E-state index contributed by atoms with van der Waals surface area (Å²) in [4.78, 5) is 23.9. The fraction of sp³-hybridized carbons (Fsp3) is 0.222. The lowest BCUT2D eigenvalue weighted by atomic mass is 10.1. The highest BCUT2D eigenvalue weighted by atomic mass is 19.1. The van der Waals surface area contributed by atoms with Crippen LogP contribution in [0.2, 0.25) is 0 Å². The van der Waals surface area contributed by atoms with Crippen LogP contribution in [-0.2, 0) is 16.0 Å². The molecular weight excluding hydrogens is 327 g/mol. The molecular formula is C18H19FN2O4. The number of halogens is 1. The number of carbonyl (C=O) groups is 2. The van der Waals surface area contributed by atoms with Crippen molar-refractivity contribution in [1.82, 2.24) is 10.9 Å². The summed E-state index contributed by atoms with van der Waals surface area (Å²) >= 11 is 0. The van der Waals surface area contributed by atoms with Crippen LogP contribution in [0.1, 0.15) is 12.5 Å². The van der Waals surface area contributed by atoms with Crippen molar-refractivity contribution < 1.29 is 23.5 Å². The van der Waals surface area contributed by atoms with E-state index in [1.165, 1.54) is 38.3 Å². The fourth-order valence-corrected chi connectivity index (χ4v) is 2.07. The predicted octanol–water partition coefficient (Wildman–Crippen LogP) is 1.99. The summed E-state index contributed by atoms with van der Waals surface area (Å²) in [6, 6.07) is 12.4. The number of hydrogen-bond donors (Lipinski definition) is 2. The Morgan fingerprint density at radius 3 is 2.44 bits per heavy atom. The van der Waals surface area contributed by atoms with Crippen molar-refractivity contribution in [3.63, 3.8) is 0 Å². The van der Waals surface area contributed by atoms with Crippen molar-refractivity contribution in [3.05, 3.63) is 59.9 Å². The maximum atomic E-state index is 12.8. The molecule has 0 fully saturated rings. The zero-order chi connectivity index (χ0) is 18.2. The largest absolute Gasteiger partial charge is 0.496 e. The van der Waals surface area contributed by atoms with Gasteiger partial charge in [0.05, 0.1) is 13.5 Å². The summed E-state index contributed by atoms with van der Waals surface area (Å²) in [5.74, 6) is -0.376. The molecule has 0 aliphatic heterocycles. The number of amides is 2. The molecule has 0 aliphatic carbocycles. The highest BCUT2D eigenvalue weighted by molar-refractivity contribution is 5.85. The predicted molar refractivity (Wildman–Crippen MR) is 89.5 cm³/mol. The van der Waals surface area contributed by atoms with Crippen LogP contribution in [-0.4, -0.2) is 25.0 Å². The average Bonchev–Trinajstić information content (AvgIpc) is 2.62. The summed E-state index contributed by atoms with van der Waals surface area (Å²) in [6.07, 6.45) is -0.811. The molecule has 25 heavy (non-hydrogen) atoms. The minimum Gasteiger partial charge on any atom is -0.496 e. The van der Waals surface area contributed by atoms with Crippen molar-refractivity contribution in [3.8, 4) is 11.5 Å². The molecule has 2 N–H and O–H groups in total. The number of methoxy groups -OCH3 is 1. The lowest BCUT2D eigenvalue weighted by Crippen LogP contribution is -2.47. The molecule has 0 saturated carbocycles.